The highest BCUT2D eigenvalue weighted by Crippen LogP contribution is 2.44. The molecule has 1 aromatic rings. The first-order valence-electron chi connectivity index (χ1n) is 6.18. The van der Waals surface area contributed by atoms with E-state index in [2.05, 4.69) is 11.6 Å². The summed E-state index contributed by atoms with van der Waals surface area (Å²) in [5, 5.41) is 0. The second-order valence-corrected chi connectivity index (χ2v) is 7.26. The van der Waals surface area contributed by atoms with Crippen LogP contribution in [0, 0.1) is 5.41 Å². The summed E-state index contributed by atoms with van der Waals surface area (Å²) in [5.41, 5.74) is 6.83. The Hall–Kier alpha value is -0.910. The van der Waals surface area contributed by atoms with E-state index in [1.165, 1.54) is 0 Å². The third-order valence-corrected chi connectivity index (χ3v) is 4.93. The molecule has 1 unspecified atom stereocenters. The fourth-order valence-electron chi connectivity index (χ4n) is 1.69. The molecule has 0 spiro atoms. The van der Waals surface area contributed by atoms with Gasteiger partial charge >= 0.3 is 0 Å². The topological polar surface area (TPSA) is 72.2 Å². The summed E-state index contributed by atoms with van der Waals surface area (Å²) in [6.07, 6.45) is 2.19. The van der Waals surface area contributed by atoms with Crippen molar-refractivity contribution in [2.75, 3.05) is 6.54 Å². The predicted octanol–water partition coefficient (Wildman–Crippen LogP) is 1.78. The molecule has 4 nitrogen and oxygen atoms in total. The summed E-state index contributed by atoms with van der Waals surface area (Å²) in [5.74, 6) is 0. The van der Waals surface area contributed by atoms with Gasteiger partial charge in [-0.3, -0.25) is 0 Å². The minimum Gasteiger partial charge on any atom is -0.324 e. The van der Waals surface area contributed by atoms with Crippen molar-refractivity contribution in [1.82, 2.24) is 4.72 Å². The molecule has 0 bridgehead atoms. The van der Waals surface area contributed by atoms with Gasteiger partial charge < -0.3 is 5.73 Å². The van der Waals surface area contributed by atoms with Crippen LogP contribution in [0.15, 0.2) is 29.2 Å². The van der Waals surface area contributed by atoms with Crippen LogP contribution in [0.1, 0.15) is 38.3 Å². The molecule has 3 N–H and O–H groups in total. The van der Waals surface area contributed by atoms with Crippen molar-refractivity contribution in [3.05, 3.63) is 29.8 Å². The van der Waals surface area contributed by atoms with Crippen molar-refractivity contribution in [1.29, 1.82) is 0 Å². The first kappa shape index (κ1) is 13.5. The molecule has 0 amide bonds. The van der Waals surface area contributed by atoms with E-state index >= 15 is 0 Å². The number of rotatable bonds is 5. The third kappa shape index (κ3) is 3.10. The van der Waals surface area contributed by atoms with Gasteiger partial charge in [0.15, 0.2) is 0 Å². The normalized spacial score (nSPS) is 19.5. The van der Waals surface area contributed by atoms with Gasteiger partial charge in [-0.2, -0.15) is 0 Å². The van der Waals surface area contributed by atoms with Gasteiger partial charge in [-0.1, -0.05) is 19.1 Å². The highest BCUT2D eigenvalue weighted by atomic mass is 32.2. The molecule has 0 aliphatic heterocycles. The fourth-order valence-corrected chi connectivity index (χ4v) is 2.89. The van der Waals surface area contributed by atoms with Crippen LogP contribution >= 0.6 is 0 Å². The lowest BCUT2D eigenvalue weighted by atomic mass is 10.1. The maximum atomic E-state index is 12.0. The predicted molar refractivity (Wildman–Crippen MR) is 71.6 cm³/mol. The SMILES string of the molecule is CC(N)c1ccc(S(=O)(=O)NCC2(C)CC2)cc1. The van der Waals surface area contributed by atoms with Crippen LogP contribution in [0.25, 0.3) is 0 Å². The molecule has 1 atom stereocenters. The van der Waals surface area contributed by atoms with Crippen molar-refractivity contribution in [2.45, 2.75) is 37.6 Å². The van der Waals surface area contributed by atoms with E-state index in [1.54, 1.807) is 24.3 Å². The smallest absolute Gasteiger partial charge is 0.240 e. The van der Waals surface area contributed by atoms with Crippen LogP contribution in [0.2, 0.25) is 0 Å². The second kappa shape index (κ2) is 4.64. The van der Waals surface area contributed by atoms with E-state index in [4.69, 9.17) is 5.73 Å². The van der Waals surface area contributed by atoms with Crippen LogP contribution in [-0.2, 0) is 10.0 Å². The number of nitrogens with two attached hydrogens (primary N) is 1. The Morgan fingerprint density at radius 1 is 1.33 bits per heavy atom. The summed E-state index contributed by atoms with van der Waals surface area (Å²) in [4.78, 5) is 0.302. The molecule has 2 rings (SSSR count). The van der Waals surface area contributed by atoms with E-state index in [0.29, 0.717) is 11.4 Å². The van der Waals surface area contributed by atoms with Crippen LogP contribution in [0.3, 0.4) is 0 Å². The monoisotopic (exact) mass is 268 g/mol. The quantitative estimate of drug-likeness (QED) is 0.855. The molecule has 1 aliphatic rings. The van der Waals surface area contributed by atoms with Gasteiger partial charge in [0.2, 0.25) is 10.0 Å². The number of hydrogen-bond acceptors (Lipinski definition) is 3. The van der Waals surface area contributed by atoms with E-state index in [0.717, 1.165) is 18.4 Å². The zero-order valence-electron chi connectivity index (χ0n) is 10.8. The summed E-state index contributed by atoms with van der Waals surface area (Å²) in [7, 11) is -3.39. The zero-order valence-corrected chi connectivity index (χ0v) is 11.6. The minimum atomic E-state index is -3.39. The van der Waals surface area contributed by atoms with Crippen molar-refractivity contribution in [3.63, 3.8) is 0 Å². The molecular weight excluding hydrogens is 248 g/mol. The molecule has 18 heavy (non-hydrogen) atoms. The summed E-state index contributed by atoms with van der Waals surface area (Å²) in [6.45, 7) is 4.48. The molecule has 0 aromatic heterocycles. The van der Waals surface area contributed by atoms with Gasteiger partial charge in [0, 0.05) is 12.6 Å². The Labute approximate surface area is 109 Å². The number of benzene rings is 1. The van der Waals surface area contributed by atoms with Gasteiger partial charge in [-0.15, -0.1) is 0 Å². The van der Waals surface area contributed by atoms with Crippen molar-refractivity contribution in [3.8, 4) is 0 Å². The Bertz CT molecular complexity index is 516. The summed E-state index contributed by atoms with van der Waals surface area (Å²) >= 11 is 0. The van der Waals surface area contributed by atoms with Crippen molar-refractivity contribution in [2.24, 2.45) is 11.1 Å². The lowest BCUT2D eigenvalue weighted by molar-refractivity contribution is 0.530. The average Bonchev–Trinajstić information content (AvgIpc) is 3.06. The molecule has 100 valence electrons. The highest BCUT2D eigenvalue weighted by Gasteiger charge is 2.38. The molecule has 5 heteroatoms. The standard InChI is InChI=1S/C13H20N2O2S/c1-10(14)11-3-5-12(6-4-11)18(16,17)15-9-13(2)7-8-13/h3-6,10,15H,7-9,14H2,1-2H3. The van der Waals surface area contributed by atoms with Gasteiger partial charge in [-0.05, 0) is 42.9 Å². The van der Waals surface area contributed by atoms with Gasteiger partial charge in [-0.25, -0.2) is 13.1 Å². The van der Waals surface area contributed by atoms with E-state index in [1.807, 2.05) is 6.92 Å². The number of hydrogen-bond donors (Lipinski definition) is 2. The van der Waals surface area contributed by atoms with E-state index in [-0.39, 0.29) is 11.5 Å². The van der Waals surface area contributed by atoms with E-state index < -0.39 is 10.0 Å². The maximum Gasteiger partial charge on any atom is 0.240 e. The van der Waals surface area contributed by atoms with Crippen molar-refractivity contribution < 1.29 is 8.42 Å². The Kier molecular flexibility index (Phi) is 3.49. The van der Waals surface area contributed by atoms with Gasteiger partial charge in [0.25, 0.3) is 0 Å². The fraction of sp³-hybridized carbons (Fsp3) is 0.538. The van der Waals surface area contributed by atoms with Gasteiger partial charge in [0.05, 0.1) is 4.90 Å². The van der Waals surface area contributed by atoms with Crippen LogP contribution in [0.5, 0.6) is 0 Å². The second-order valence-electron chi connectivity index (χ2n) is 5.49. The van der Waals surface area contributed by atoms with E-state index in [9.17, 15) is 8.42 Å². The molecule has 1 aromatic carbocycles. The molecule has 1 fully saturated rings. The average molecular weight is 268 g/mol. The Balaban J connectivity index is 2.09. The Morgan fingerprint density at radius 2 is 1.89 bits per heavy atom. The number of sulfonamides is 1. The molecular formula is C13H20N2O2S. The zero-order chi connectivity index (χ0) is 13.4. The molecule has 0 heterocycles. The van der Waals surface area contributed by atoms with Crippen LogP contribution in [-0.4, -0.2) is 15.0 Å². The molecule has 0 saturated heterocycles. The molecule has 1 aliphatic carbocycles. The minimum absolute atomic E-state index is 0.0833. The molecule has 1 saturated carbocycles. The lowest BCUT2D eigenvalue weighted by Crippen LogP contribution is -2.29. The third-order valence-electron chi connectivity index (χ3n) is 3.51. The van der Waals surface area contributed by atoms with Crippen molar-refractivity contribution >= 4 is 10.0 Å². The largest absolute Gasteiger partial charge is 0.324 e. The molecule has 0 radical (unpaired) electrons. The lowest BCUT2D eigenvalue weighted by Gasteiger charge is -2.12. The first-order chi connectivity index (χ1) is 8.32. The maximum absolute atomic E-state index is 12.0. The summed E-state index contributed by atoms with van der Waals surface area (Å²) in [6, 6.07) is 6.66. The highest BCUT2D eigenvalue weighted by molar-refractivity contribution is 7.89. The number of nitrogens with one attached hydrogen (secondary N) is 1. The first-order valence-corrected chi connectivity index (χ1v) is 7.66. The van der Waals surface area contributed by atoms with Crippen LogP contribution in [0.4, 0.5) is 0 Å². The van der Waals surface area contributed by atoms with Crippen LogP contribution < -0.4 is 10.5 Å². The Morgan fingerprint density at radius 3 is 2.33 bits per heavy atom. The summed E-state index contributed by atoms with van der Waals surface area (Å²) < 4.78 is 26.8. The van der Waals surface area contributed by atoms with Gasteiger partial charge in [0.1, 0.15) is 0 Å².